The second-order valence-electron chi connectivity index (χ2n) is 5.82. The minimum absolute atomic E-state index is 0. The molecule has 0 radical (unpaired) electrons. The van der Waals surface area contributed by atoms with Gasteiger partial charge < -0.3 is 13.2 Å². The van der Waals surface area contributed by atoms with Gasteiger partial charge >= 0.3 is 27.0 Å². The average Bonchev–Trinajstić information content (AvgIpc) is 2.69. The Morgan fingerprint density at radius 1 is 0.731 bits per heavy atom. The Hall–Kier alpha value is -1.04. The summed E-state index contributed by atoms with van der Waals surface area (Å²) in [6.07, 6.45) is 0. The van der Waals surface area contributed by atoms with Crippen LogP contribution in [0.2, 0.25) is 0 Å². The van der Waals surface area contributed by atoms with Gasteiger partial charge in [0.2, 0.25) is 0 Å². The van der Waals surface area contributed by atoms with Crippen molar-refractivity contribution in [2.75, 3.05) is 0 Å². The third-order valence-corrected chi connectivity index (χ3v) is 7.51. The fourth-order valence-corrected chi connectivity index (χ4v) is 6.31. The van der Waals surface area contributed by atoms with Crippen LogP contribution in [0.4, 0.5) is 0 Å². The molecule has 26 heavy (non-hydrogen) atoms. The van der Waals surface area contributed by atoms with Crippen molar-refractivity contribution in [3.8, 4) is 0 Å². The molecule has 3 aromatic carbocycles. The molecular weight excluding hydrogens is 446 g/mol. The Morgan fingerprint density at radius 3 is 1.42 bits per heavy atom. The molecule has 0 spiro atoms. The van der Waals surface area contributed by atoms with E-state index in [0.717, 1.165) is 0 Å². The molecule has 0 aliphatic heterocycles. The summed E-state index contributed by atoms with van der Waals surface area (Å²) in [4.78, 5) is 0. The van der Waals surface area contributed by atoms with Crippen LogP contribution in [0.25, 0.3) is 5.73 Å². The van der Waals surface area contributed by atoms with Gasteiger partial charge in [0.15, 0.2) is 0 Å². The first-order valence-corrected chi connectivity index (χ1v) is 12.0. The van der Waals surface area contributed by atoms with Crippen molar-refractivity contribution in [3.05, 3.63) is 110 Å². The first-order chi connectivity index (χ1) is 12.3. The average molecular weight is 471 g/mol. The summed E-state index contributed by atoms with van der Waals surface area (Å²) in [5.41, 5.74) is 10.0. The second-order valence-corrected chi connectivity index (χ2v) is 8.43. The number of benzene rings is 3. The normalized spacial score (nSPS) is 12.3. The number of nitrogens with one attached hydrogen (secondary N) is 1. The van der Waals surface area contributed by atoms with Crippen LogP contribution in [0, 0.1) is 7.43 Å². The summed E-state index contributed by atoms with van der Waals surface area (Å²) in [5.74, 6) is 0. The summed E-state index contributed by atoms with van der Waals surface area (Å²) in [7, 11) is 3.49. The molecule has 137 valence electrons. The zero-order valence-electron chi connectivity index (χ0n) is 15.0. The summed E-state index contributed by atoms with van der Waals surface area (Å²) >= 11 is 1.82. The van der Waals surface area contributed by atoms with Gasteiger partial charge in [0.1, 0.15) is 0 Å². The molecule has 3 rings (SSSR count). The van der Waals surface area contributed by atoms with E-state index in [1.807, 2.05) is 30.3 Å². The van der Waals surface area contributed by atoms with Crippen molar-refractivity contribution in [2.45, 2.75) is 18.6 Å². The monoisotopic (exact) mass is 471 g/mol. The fourth-order valence-electron chi connectivity index (χ4n) is 3.13. The number of halogens is 1. The standard InChI is InChI=1S/C21H21NP.CH3.ClH.Ru/c1-17(22)21(18-11-5-2-6-12-18)23(19-13-7-3-8-14-19)20-15-9-4-10-16-20;;;/h2-17,21-22H,1H3;1H3;1H;/q2*-1;;+3/t17-,21+;;;/m0.../s1. The molecule has 3 aromatic rings. The first-order valence-electron chi connectivity index (χ1n) is 8.14. The first kappa shape index (κ1) is 23.0. The van der Waals surface area contributed by atoms with Crippen LogP contribution in [-0.4, -0.2) is 6.04 Å². The van der Waals surface area contributed by atoms with Gasteiger partial charge in [0.25, 0.3) is 0 Å². The molecule has 0 bridgehead atoms. The quantitative estimate of drug-likeness (QED) is 0.242. The molecule has 0 heterocycles. The van der Waals surface area contributed by atoms with E-state index in [1.165, 1.54) is 16.2 Å². The fraction of sp³-hybridized carbons (Fsp3) is 0.136. The van der Waals surface area contributed by atoms with Gasteiger partial charge in [0.05, 0.1) is 24.2 Å². The molecule has 2 atom stereocenters. The van der Waals surface area contributed by atoms with Crippen molar-refractivity contribution in [3.63, 3.8) is 0 Å². The second kappa shape index (κ2) is 12.4. The Labute approximate surface area is 173 Å². The van der Waals surface area contributed by atoms with E-state index in [-0.39, 0.29) is 19.1 Å². The van der Waals surface area contributed by atoms with Gasteiger partial charge in [-0.2, -0.15) is 0 Å². The van der Waals surface area contributed by atoms with Crippen molar-refractivity contribution in [1.29, 1.82) is 0 Å². The van der Waals surface area contributed by atoms with Crippen LogP contribution in [0.1, 0.15) is 18.1 Å². The van der Waals surface area contributed by atoms with E-state index < -0.39 is 7.92 Å². The summed E-state index contributed by atoms with van der Waals surface area (Å²) in [5, 5.41) is 2.74. The van der Waals surface area contributed by atoms with Crippen molar-refractivity contribution in [1.82, 2.24) is 0 Å². The third kappa shape index (κ3) is 6.00. The van der Waals surface area contributed by atoms with Crippen LogP contribution < -0.4 is 10.6 Å². The van der Waals surface area contributed by atoms with Gasteiger partial charge in [-0.1, -0.05) is 79.7 Å². The Balaban J connectivity index is 0.00000109. The van der Waals surface area contributed by atoms with Crippen molar-refractivity contribution < 1.29 is 17.3 Å². The van der Waals surface area contributed by atoms with Gasteiger partial charge in [-0.3, -0.25) is 0 Å². The van der Waals surface area contributed by atoms with E-state index in [9.17, 15) is 0 Å². The topological polar surface area (TPSA) is 23.8 Å². The van der Waals surface area contributed by atoms with Crippen molar-refractivity contribution in [2.24, 2.45) is 0 Å². The predicted molar refractivity (Wildman–Crippen MR) is 116 cm³/mol. The Kier molecular flexibility index (Phi) is 10.9. The summed E-state index contributed by atoms with van der Waals surface area (Å²) in [6, 6.07) is 31.9. The molecule has 1 N–H and O–H groups in total. The van der Waals surface area contributed by atoms with Crippen LogP contribution in [0.15, 0.2) is 91.0 Å². The number of hydrogen-bond acceptors (Lipinski definition) is 0. The molecule has 0 saturated heterocycles. The number of rotatable bonds is 5. The molecule has 0 aromatic heterocycles. The van der Waals surface area contributed by atoms with Gasteiger partial charge in [-0.15, -0.1) is 0 Å². The van der Waals surface area contributed by atoms with E-state index in [2.05, 4.69) is 94.6 Å². The molecule has 1 nitrogen and oxygen atoms in total. The SMILES string of the molecule is C[C@H]([NH-])[C@H](c1ccccc1)[PH+](c1ccccc1)c1ccccc1.[CH3-].[Cl][Ru+2]. The number of hydrogen-bond donors (Lipinski definition) is 0. The Morgan fingerprint density at radius 2 is 1.08 bits per heavy atom. The molecule has 0 amide bonds. The van der Waals surface area contributed by atoms with E-state index in [0.29, 0.717) is 0 Å². The van der Waals surface area contributed by atoms with Gasteiger partial charge in [0, 0.05) is 0 Å². The summed E-state index contributed by atoms with van der Waals surface area (Å²) < 4.78 is 0. The van der Waals surface area contributed by atoms with E-state index in [4.69, 9.17) is 5.73 Å². The van der Waals surface area contributed by atoms with Crippen LogP contribution in [0.5, 0.6) is 0 Å². The molecule has 0 saturated carbocycles. The summed E-state index contributed by atoms with van der Waals surface area (Å²) in [6.45, 7) is 2.02. The van der Waals surface area contributed by atoms with Gasteiger partial charge in [-0.25, -0.2) is 0 Å². The zero-order valence-corrected chi connectivity index (χ0v) is 18.5. The molecule has 0 aliphatic rings. The maximum absolute atomic E-state index is 8.53. The van der Waals surface area contributed by atoms with Crippen LogP contribution >= 0.6 is 17.6 Å². The van der Waals surface area contributed by atoms with Crippen LogP contribution in [-0.2, 0) is 17.3 Å². The zero-order chi connectivity index (χ0) is 18.1. The molecular formula is C22H25ClNPRu+. The third-order valence-electron chi connectivity index (χ3n) is 4.14. The Bertz CT molecular complexity index is 683. The molecule has 4 heteroatoms. The predicted octanol–water partition coefficient (Wildman–Crippen LogP) is 6.17. The molecule has 0 aliphatic carbocycles. The van der Waals surface area contributed by atoms with E-state index >= 15 is 0 Å². The molecule has 0 unspecified atom stereocenters. The molecule has 0 fully saturated rings. The van der Waals surface area contributed by atoms with Crippen molar-refractivity contribution >= 4 is 28.2 Å². The van der Waals surface area contributed by atoms with Crippen LogP contribution in [0.3, 0.4) is 0 Å². The minimum atomic E-state index is -1.08. The van der Waals surface area contributed by atoms with Gasteiger partial charge in [-0.05, 0) is 29.8 Å². The maximum atomic E-state index is 8.53. The van der Waals surface area contributed by atoms with E-state index in [1.54, 1.807) is 0 Å².